The average molecular weight is 231 g/mol. The highest BCUT2D eigenvalue weighted by atomic mass is 16.2. The number of rotatable bonds is 7. The van der Waals surface area contributed by atoms with Crippen LogP contribution in [0.3, 0.4) is 0 Å². The highest BCUT2D eigenvalue weighted by Gasteiger charge is 2.01. The second-order valence-corrected chi connectivity index (χ2v) is 4.60. The summed E-state index contributed by atoms with van der Waals surface area (Å²) in [5.74, 6) is 0. The quantitative estimate of drug-likeness (QED) is 0.701. The predicted octanol–water partition coefficient (Wildman–Crippen LogP) is 3.65. The maximum Gasteiger partial charge on any atom is 0.0456 e. The Morgan fingerprint density at radius 3 is 2.59 bits per heavy atom. The Balaban J connectivity index is 1.79. The molecule has 92 valence electrons. The first-order valence-electron chi connectivity index (χ1n) is 6.57. The molecule has 0 amide bonds. The summed E-state index contributed by atoms with van der Waals surface area (Å²) in [5, 5.41) is 10.1. The first-order valence-corrected chi connectivity index (χ1v) is 6.57. The number of hydrogen-bond donors (Lipinski definition) is 2. The SMILES string of the molecule is OCCCCCCCc1c[nH]c2ccccc12. The van der Waals surface area contributed by atoms with E-state index in [1.54, 1.807) is 0 Å². The maximum atomic E-state index is 8.69. The van der Waals surface area contributed by atoms with Gasteiger partial charge < -0.3 is 10.1 Å². The zero-order chi connectivity index (χ0) is 11.9. The van der Waals surface area contributed by atoms with Crippen molar-refractivity contribution < 1.29 is 5.11 Å². The van der Waals surface area contributed by atoms with Crippen LogP contribution >= 0.6 is 0 Å². The number of aryl methyl sites for hydroxylation is 1. The number of unbranched alkanes of at least 4 members (excludes halogenated alkanes) is 4. The number of H-pyrrole nitrogens is 1. The smallest absolute Gasteiger partial charge is 0.0456 e. The third-order valence-electron chi connectivity index (χ3n) is 3.28. The Hall–Kier alpha value is -1.28. The monoisotopic (exact) mass is 231 g/mol. The van der Waals surface area contributed by atoms with Crippen LogP contribution < -0.4 is 0 Å². The van der Waals surface area contributed by atoms with Gasteiger partial charge in [-0.05, 0) is 30.9 Å². The van der Waals surface area contributed by atoms with E-state index in [1.165, 1.54) is 35.7 Å². The molecule has 1 aromatic carbocycles. The predicted molar refractivity (Wildman–Crippen MR) is 72.2 cm³/mol. The van der Waals surface area contributed by atoms with Crippen LogP contribution in [-0.4, -0.2) is 16.7 Å². The first kappa shape index (κ1) is 12.2. The number of aliphatic hydroxyl groups is 1. The van der Waals surface area contributed by atoms with Crippen molar-refractivity contribution in [2.75, 3.05) is 6.61 Å². The lowest BCUT2D eigenvalue weighted by Gasteiger charge is -2.00. The molecular weight excluding hydrogens is 210 g/mol. The molecule has 0 radical (unpaired) electrons. The molecule has 2 heteroatoms. The molecule has 0 saturated carbocycles. The number of aromatic amines is 1. The fourth-order valence-electron chi connectivity index (χ4n) is 2.30. The number of nitrogens with one attached hydrogen (secondary N) is 1. The van der Waals surface area contributed by atoms with Crippen molar-refractivity contribution in [1.82, 2.24) is 4.98 Å². The number of hydrogen-bond acceptors (Lipinski definition) is 1. The Bertz CT molecular complexity index is 447. The van der Waals surface area contributed by atoms with Gasteiger partial charge in [0, 0.05) is 23.7 Å². The summed E-state index contributed by atoms with van der Waals surface area (Å²) in [7, 11) is 0. The summed E-state index contributed by atoms with van der Waals surface area (Å²) >= 11 is 0. The van der Waals surface area contributed by atoms with Crippen molar-refractivity contribution in [1.29, 1.82) is 0 Å². The summed E-state index contributed by atoms with van der Waals surface area (Å²) in [6, 6.07) is 8.48. The summed E-state index contributed by atoms with van der Waals surface area (Å²) in [6.07, 6.45) is 9.15. The molecule has 2 N–H and O–H groups in total. The highest BCUT2D eigenvalue weighted by molar-refractivity contribution is 5.82. The van der Waals surface area contributed by atoms with Crippen molar-refractivity contribution in [3.63, 3.8) is 0 Å². The topological polar surface area (TPSA) is 36.0 Å². The number of aliphatic hydroxyl groups excluding tert-OH is 1. The van der Waals surface area contributed by atoms with Gasteiger partial charge in [-0.3, -0.25) is 0 Å². The van der Waals surface area contributed by atoms with E-state index in [0.29, 0.717) is 6.61 Å². The lowest BCUT2D eigenvalue weighted by atomic mass is 10.0. The van der Waals surface area contributed by atoms with Crippen molar-refractivity contribution in [3.05, 3.63) is 36.0 Å². The molecule has 2 rings (SSSR count). The summed E-state index contributed by atoms with van der Waals surface area (Å²) in [6.45, 7) is 0.336. The summed E-state index contributed by atoms with van der Waals surface area (Å²) < 4.78 is 0. The van der Waals surface area contributed by atoms with E-state index in [2.05, 4.69) is 35.4 Å². The van der Waals surface area contributed by atoms with Crippen LogP contribution in [0.4, 0.5) is 0 Å². The first-order chi connectivity index (χ1) is 8.42. The van der Waals surface area contributed by atoms with Gasteiger partial charge in [0.2, 0.25) is 0 Å². The number of para-hydroxylation sites is 1. The molecule has 0 aliphatic heterocycles. The largest absolute Gasteiger partial charge is 0.396 e. The van der Waals surface area contributed by atoms with Crippen LogP contribution in [0.2, 0.25) is 0 Å². The minimum absolute atomic E-state index is 0.336. The van der Waals surface area contributed by atoms with Crippen molar-refractivity contribution >= 4 is 10.9 Å². The fourth-order valence-corrected chi connectivity index (χ4v) is 2.30. The summed E-state index contributed by atoms with van der Waals surface area (Å²) in [5.41, 5.74) is 2.67. The van der Waals surface area contributed by atoms with Crippen LogP contribution in [-0.2, 0) is 6.42 Å². The van der Waals surface area contributed by atoms with Gasteiger partial charge in [0.05, 0.1) is 0 Å². The molecule has 17 heavy (non-hydrogen) atoms. The van der Waals surface area contributed by atoms with Crippen molar-refractivity contribution in [2.45, 2.75) is 38.5 Å². The lowest BCUT2D eigenvalue weighted by Crippen LogP contribution is -1.86. The van der Waals surface area contributed by atoms with Gasteiger partial charge in [0.15, 0.2) is 0 Å². The van der Waals surface area contributed by atoms with Crippen molar-refractivity contribution in [2.24, 2.45) is 0 Å². The molecule has 0 aliphatic carbocycles. The molecule has 1 heterocycles. The minimum atomic E-state index is 0.336. The molecule has 0 aliphatic rings. The minimum Gasteiger partial charge on any atom is -0.396 e. The number of aromatic nitrogens is 1. The van der Waals surface area contributed by atoms with Crippen LogP contribution in [0.1, 0.15) is 37.7 Å². The van der Waals surface area contributed by atoms with Gasteiger partial charge in [-0.25, -0.2) is 0 Å². The second kappa shape index (κ2) is 6.45. The van der Waals surface area contributed by atoms with Gasteiger partial charge in [-0.15, -0.1) is 0 Å². The Morgan fingerprint density at radius 1 is 0.941 bits per heavy atom. The summed E-state index contributed by atoms with van der Waals surface area (Å²) in [4.78, 5) is 3.32. The average Bonchev–Trinajstić information content (AvgIpc) is 2.77. The van der Waals surface area contributed by atoms with Gasteiger partial charge >= 0.3 is 0 Å². The Kier molecular flexibility index (Phi) is 4.63. The van der Waals surface area contributed by atoms with Crippen LogP contribution in [0.5, 0.6) is 0 Å². The van der Waals surface area contributed by atoms with E-state index in [1.807, 2.05) is 0 Å². The molecular formula is C15H21NO. The zero-order valence-electron chi connectivity index (χ0n) is 10.3. The van der Waals surface area contributed by atoms with E-state index in [9.17, 15) is 0 Å². The van der Waals surface area contributed by atoms with Gasteiger partial charge in [-0.2, -0.15) is 0 Å². The van der Waals surface area contributed by atoms with Gasteiger partial charge in [0.1, 0.15) is 0 Å². The maximum absolute atomic E-state index is 8.69. The third kappa shape index (κ3) is 3.34. The molecule has 2 aromatic rings. The molecule has 2 nitrogen and oxygen atoms in total. The lowest BCUT2D eigenvalue weighted by molar-refractivity contribution is 0.282. The van der Waals surface area contributed by atoms with Crippen LogP contribution in [0.25, 0.3) is 10.9 Å². The number of benzene rings is 1. The molecule has 0 spiro atoms. The standard InChI is InChI=1S/C15H21NO/c17-11-7-3-1-2-4-8-13-12-16-15-10-6-5-9-14(13)15/h5-6,9-10,12,16-17H,1-4,7-8,11H2. The van der Waals surface area contributed by atoms with Gasteiger partial charge in [-0.1, -0.05) is 37.5 Å². The third-order valence-corrected chi connectivity index (χ3v) is 3.28. The molecule has 0 unspecified atom stereocenters. The molecule has 0 saturated heterocycles. The Labute approximate surface area is 103 Å². The Morgan fingerprint density at radius 2 is 1.71 bits per heavy atom. The van der Waals surface area contributed by atoms with E-state index in [0.717, 1.165) is 19.3 Å². The molecule has 0 fully saturated rings. The van der Waals surface area contributed by atoms with E-state index in [4.69, 9.17) is 5.11 Å². The molecule has 1 aromatic heterocycles. The highest BCUT2D eigenvalue weighted by Crippen LogP contribution is 2.19. The van der Waals surface area contributed by atoms with Crippen molar-refractivity contribution in [3.8, 4) is 0 Å². The molecule has 0 bridgehead atoms. The second-order valence-electron chi connectivity index (χ2n) is 4.60. The number of fused-ring (bicyclic) bond motifs is 1. The van der Waals surface area contributed by atoms with Crippen LogP contribution in [0, 0.1) is 0 Å². The van der Waals surface area contributed by atoms with E-state index < -0.39 is 0 Å². The van der Waals surface area contributed by atoms with E-state index in [-0.39, 0.29) is 0 Å². The van der Waals surface area contributed by atoms with E-state index >= 15 is 0 Å². The van der Waals surface area contributed by atoms with Gasteiger partial charge in [0.25, 0.3) is 0 Å². The molecule has 0 atom stereocenters. The zero-order valence-corrected chi connectivity index (χ0v) is 10.3. The van der Waals surface area contributed by atoms with Crippen LogP contribution in [0.15, 0.2) is 30.5 Å². The normalized spacial score (nSPS) is 11.1. The fraction of sp³-hybridized carbons (Fsp3) is 0.467.